The fraction of sp³-hybridized carbons (Fsp3) is 0.333. The molecule has 106 valence electrons. The van der Waals surface area contributed by atoms with E-state index in [1.54, 1.807) is 0 Å². The first kappa shape index (κ1) is 14.6. The second kappa shape index (κ2) is 6.10. The van der Waals surface area contributed by atoms with Crippen LogP contribution < -0.4 is 11.1 Å². The van der Waals surface area contributed by atoms with E-state index < -0.39 is 0 Å². The molecular weight excluding hydrogens is 244 g/mol. The molecule has 2 heteroatoms. The van der Waals surface area contributed by atoms with Crippen molar-refractivity contribution in [2.75, 3.05) is 5.32 Å². The summed E-state index contributed by atoms with van der Waals surface area (Å²) >= 11 is 0. The van der Waals surface area contributed by atoms with E-state index >= 15 is 0 Å². The fourth-order valence-corrected chi connectivity index (χ4v) is 2.11. The number of rotatable bonds is 4. The molecule has 0 saturated heterocycles. The lowest BCUT2D eigenvalue weighted by Crippen LogP contribution is -2.26. The first-order valence-corrected chi connectivity index (χ1v) is 7.10. The lowest BCUT2D eigenvalue weighted by Gasteiger charge is -2.27. The summed E-state index contributed by atoms with van der Waals surface area (Å²) in [6, 6.07) is 18.9. The smallest absolute Gasteiger partial charge is 0.0400 e. The maximum absolute atomic E-state index is 6.27. The molecule has 0 aliphatic heterocycles. The molecule has 0 fully saturated rings. The summed E-state index contributed by atoms with van der Waals surface area (Å²) in [4.78, 5) is 0. The molecule has 3 N–H and O–H groups in total. The molecule has 0 aliphatic rings. The van der Waals surface area contributed by atoms with Gasteiger partial charge >= 0.3 is 0 Å². The number of anilines is 1. The Kier molecular flexibility index (Phi) is 4.46. The van der Waals surface area contributed by atoms with Gasteiger partial charge in [0.05, 0.1) is 0 Å². The standard InChI is InChI=1S/C18H24N2/c1-18(2,3)17(19)15-9-11-16(12-10-15)20-13-14-7-5-4-6-8-14/h4-12,17,20H,13,19H2,1-3H3/t17-/m1/s1. The third-order valence-electron chi connectivity index (χ3n) is 3.54. The first-order valence-electron chi connectivity index (χ1n) is 7.10. The Labute approximate surface area is 122 Å². The van der Waals surface area contributed by atoms with Crippen molar-refractivity contribution >= 4 is 5.69 Å². The van der Waals surface area contributed by atoms with Crippen molar-refractivity contribution in [3.63, 3.8) is 0 Å². The van der Waals surface area contributed by atoms with E-state index in [0.29, 0.717) is 0 Å². The van der Waals surface area contributed by atoms with E-state index in [9.17, 15) is 0 Å². The summed E-state index contributed by atoms with van der Waals surface area (Å²) in [5, 5.41) is 3.43. The monoisotopic (exact) mass is 268 g/mol. The second-order valence-electron chi connectivity index (χ2n) is 6.30. The average Bonchev–Trinajstić information content (AvgIpc) is 2.45. The third kappa shape index (κ3) is 3.84. The van der Waals surface area contributed by atoms with Crippen LogP contribution in [0.3, 0.4) is 0 Å². The number of hydrogen-bond donors (Lipinski definition) is 2. The van der Waals surface area contributed by atoms with Crippen LogP contribution in [0.15, 0.2) is 54.6 Å². The van der Waals surface area contributed by atoms with Gasteiger partial charge in [0.1, 0.15) is 0 Å². The summed E-state index contributed by atoms with van der Waals surface area (Å²) < 4.78 is 0. The lowest BCUT2D eigenvalue weighted by molar-refractivity contribution is 0.327. The number of hydrogen-bond acceptors (Lipinski definition) is 2. The van der Waals surface area contributed by atoms with Crippen molar-refractivity contribution in [1.82, 2.24) is 0 Å². The quantitative estimate of drug-likeness (QED) is 0.865. The van der Waals surface area contributed by atoms with Crippen LogP contribution >= 0.6 is 0 Å². The zero-order valence-electron chi connectivity index (χ0n) is 12.6. The van der Waals surface area contributed by atoms with Gasteiger partial charge in [0.15, 0.2) is 0 Å². The fourth-order valence-electron chi connectivity index (χ4n) is 2.11. The van der Waals surface area contributed by atoms with Crippen LogP contribution in [0.5, 0.6) is 0 Å². The minimum atomic E-state index is 0.0608. The molecule has 0 aromatic heterocycles. The van der Waals surface area contributed by atoms with E-state index in [-0.39, 0.29) is 11.5 Å². The van der Waals surface area contributed by atoms with Gasteiger partial charge in [-0.25, -0.2) is 0 Å². The van der Waals surface area contributed by atoms with Gasteiger partial charge < -0.3 is 11.1 Å². The van der Waals surface area contributed by atoms with Gasteiger partial charge in [-0.3, -0.25) is 0 Å². The predicted molar refractivity (Wildman–Crippen MR) is 86.6 cm³/mol. The molecule has 0 unspecified atom stereocenters. The van der Waals surface area contributed by atoms with E-state index in [4.69, 9.17) is 5.73 Å². The van der Waals surface area contributed by atoms with Gasteiger partial charge in [0.2, 0.25) is 0 Å². The van der Waals surface area contributed by atoms with Crippen molar-refractivity contribution in [2.24, 2.45) is 11.1 Å². The molecule has 0 saturated carbocycles. The SMILES string of the molecule is CC(C)(C)[C@H](N)c1ccc(NCc2ccccc2)cc1. The summed E-state index contributed by atoms with van der Waals surface area (Å²) in [5.74, 6) is 0. The van der Waals surface area contributed by atoms with Crippen molar-refractivity contribution in [3.05, 3.63) is 65.7 Å². The third-order valence-corrected chi connectivity index (χ3v) is 3.54. The molecule has 1 atom stereocenters. The molecule has 0 aliphatic carbocycles. The summed E-state index contributed by atoms with van der Waals surface area (Å²) in [6.45, 7) is 7.34. The largest absolute Gasteiger partial charge is 0.381 e. The highest BCUT2D eigenvalue weighted by molar-refractivity contribution is 5.45. The minimum Gasteiger partial charge on any atom is -0.381 e. The Morgan fingerprint density at radius 1 is 0.950 bits per heavy atom. The molecule has 0 spiro atoms. The summed E-state index contributed by atoms with van der Waals surface area (Å²) in [6.07, 6.45) is 0. The van der Waals surface area contributed by atoms with Gasteiger partial charge in [-0.05, 0) is 28.7 Å². The Morgan fingerprint density at radius 3 is 2.10 bits per heavy atom. The number of benzene rings is 2. The van der Waals surface area contributed by atoms with Gasteiger partial charge in [-0.2, -0.15) is 0 Å². The van der Waals surface area contributed by atoms with Crippen LogP contribution in [0.2, 0.25) is 0 Å². The molecule has 2 nitrogen and oxygen atoms in total. The highest BCUT2D eigenvalue weighted by Crippen LogP contribution is 2.30. The maximum atomic E-state index is 6.27. The molecule has 0 bridgehead atoms. The molecule has 2 aromatic rings. The van der Waals surface area contributed by atoms with Crippen LogP contribution in [0.25, 0.3) is 0 Å². The first-order chi connectivity index (χ1) is 9.47. The second-order valence-corrected chi connectivity index (χ2v) is 6.30. The van der Waals surface area contributed by atoms with Crippen molar-refractivity contribution in [1.29, 1.82) is 0 Å². The van der Waals surface area contributed by atoms with Crippen LogP contribution in [0.4, 0.5) is 5.69 Å². The minimum absolute atomic E-state index is 0.0608. The summed E-state index contributed by atoms with van der Waals surface area (Å²) in [5.41, 5.74) is 9.94. The van der Waals surface area contributed by atoms with Crippen molar-refractivity contribution in [3.8, 4) is 0 Å². The van der Waals surface area contributed by atoms with E-state index in [1.807, 2.05) is 6.07 Å². The average molecular weight is 268 g/mol. The Bertz CT molecular complexity index is 524. The molecule has 0 heterocycles. The molecule has 0 radical (unpaired) electrons. The highest BCUT2D eigenvalue weighted by atomic mass is 14.9. The lowest BCUT2D eigenvalue weighted by atomic mass is 9.83. The number of nitrogens with two attached hydrogens (primary N) is 1. The Hall–Kier alpha value is -1.80. The van der Waals surface area contributed by atoms with Gasteiger partial charge in [-0.1, -0.05) is 63.2 Å². The molecule has 2 rings (SSSR count). The molecular formula is C18H24N2. The van der Waals surface area contributed by atoms with Crippen LogP contribution in [-0.2, 0) is 6.54 Å². The molecule has 2 aromatic carbocycles. The highest BCUT2D eigenvalue weighted by Gasteiger charge is 2.21. The zero-order valence-corrected chi connectivity index (χ0v) is 12.6. The molecule has 20 heavy (non-hydrogen) atoms. The number of nitrogens with one attached hydrogen (secondary N) is 1. The van der Waals surface area contributed by atoms with E-state index in [2.05, 4.69) is 74.6 Å². The van der Waals surface area contributed by atoms with Crippen molar-refractivity contribution < 1.29 is 0 Å². The van der Waals surface area contributed by atoms with Crippen LogP contribution in [0, 0.1) is 5.41 Å². The van der Waals surface area contributed by atoms with Gasteiger partial charge in [0.25, 0.3) is 0 Å². The van der Waals surface area contributed by atoms with Crippen LogP contribution in [0.1, 0.15) is 37.9 Å². The molecule has 0 amide bonds. The maximum Gasteiger partial charge on any atom is 0.0400 e. The van der Waals surface area contributed by atoms with Gasteiger partial charge in [-0.15, -0.1) is 0 Å². The van der Waals surface area contributed by atoms with Crippen LogP contribution in [-0.4, -0.2) is 0 Å². The zero-order chi connectivity index (χ0) is 14.6. The Morgan fingerprint density at radius 2 is 1.55 bits per heavy atom. The van der Waals surface area contributed by atoms with E-state index in [0.717, 1.165) is 12.2 Å². The predicted octanol–water partition coefficient (Wildman–Crippen LogP) is 4.34. The van der Waals surface area contributed by atoms with E-state index in [1.165, 1.54) is 11.1 Å². The topological polar surface area (TPSA) is 38.0 Å². The normalized spacial score (nSPS) is 13.0. The Balaban J connectivity index is 1.98. The van der Waals surface area contributed by atoms with Gasteiger partial charge in [0, 0.05) is 18.3 Å². The van der Waals surface area contributed by atoms with Crippen molar-refractivity contribution in [2.45, 2.75) is 33.4 Å². The summed E-state index contributed by atoms with van der Waals surface area (Å²) in [7, 11) is 0.